The van der Waals surface area contributed by atoms with Crippen LogP contribution in [0.1, 0.15) is 36.2 Å². The molecule has 0 aliphatic heterocycles. The van der Waals surface area contributed by atoms with Gasteiger partial charge in [-0.05, 0) is 44.0 Å². The van der Waals surface area contributed by atoms with Gasteiger partial charge in [0.1, 0.15) is 12.4 Å². The fraction of sp³-hybridized carbons (Fsp3) is 0.500. The summed E-state index contributed by atoms with van der Waals surface area (Å²) in [6.45, 7) is 5.14. The summed E-state index contributed by atoms with van der Waals surface area (Å²) in [5.74, 6) is 1.07. The molecule has 1 aliphatic rings. The van der Waals surface area contributed by atoms with E-state index < -0.39 is 0 Å². The highest BCUT2D eigenvalue weighted by molar-refractivity contribution is 6.00. The van der Waals surface area contributed by atoms with Crippen molar-refractivity contribution in [2.24, 2.45) is 0 Å². The molecule has 0 saturated heterocycles. The van der Waals surface area contributed by atoms with E-state index in [0.29, 0.717) is 19.6 Å². The normalized spacial score (nSPS) is 14.2. The van der Waals surface area contributed by atoms with E-state index in [9.17, 15) is 4.79 Å². The predicted octanol–water partition coefficient (Wildman–Crippen LogP) is 2.62. The van der Waals surface area contributed by atoms with Crippen LogP contribution in [0, 0.1) is 0 Å². The van der Waals surface area contributed by atoms with Crippen LogP contribution >= 0.6 is 0 Å². The van der Waals surface area contributed by atoms with Crippen molar-refractivity contribution in [2.45, 2.75) is 32.8 Å². The summed E-state index contributed by atoms with van der Waals surface area (Å²) in [6, 6.07) is 5.69. The zero-order chi connectivity index (χ0) is 12.3. The second-order valence-electron chi connectivity index (χ2n) is 4.51. The minimum atomic E-state index is 0.233. The SMILES string of the molecule is CC(C)OCCOc1ccc2c(c1)CCC2=O. The fourth-order valence-electron chi connectivity index (χ4n) is 1.96. The summed E-state index contributed by atoms with van der Waals surface area (Å²) >= 11 is 0. The fourth-order valence-corrected chi connectivity index (χ4v) is 1.96. The lowest BCUT2D eigenvalue weighted by Gasteiger charge is -2.10. The predicted molar refractivity (Wildman–Crippen MR) is 65.7 cm³/mol. The van der Waals surface area contributed by atoms with Crippen molar-refractivity contribution in [3.8, 4) is 5.75 Å². The largest absolute Gasteiger partial charge is 0.491 e. The van der Waals surface area contributed by atoms with Gasteiger partial charge in [0.25, 0.3) is 0 Å². The van der Waals surface area contributed by atoms with Gasteiger partial charge in [-0.3, -0.25) is 4.79 Å². The number of carbonyl (C=O) groups excluding carboxylic acids is 1. The monoisotopic (exact) mass is 234 g/mol. The van der Waals surface area contributed by atoms with Gasteiger partial charge in [-0.1, -0.05) is 0 Å². The molecule has 0 amide bonds. The maximum absolute atomic E-state index is 11.5. The van der Waals surface area contributed by atoms with Crippen LogP contribution in [0.5, 0.6) is 5.75 Å². The third-order valence-corrected chi connectivity index (χ3v) is 2.80. The number of benzene rings is 1. The van der Waals surface area contributed by atoms with Crippen LogP contribution in [0.25, 0.3) is 0 Å². The summed E-state index contributed by atoms with van der Waals surface area (Å²) in [7, 11) is 0. The Morgan fingerprint density at radius 3 is 2.82 bits per heavy atom. The average molecular weight is 234 g/mol. The molecule has 0 heterocycles. The number of aryl methyl sites for hydroxylation is 1. The third kappa shape index (κ3) is 3.07. The summed E-state index contributed by atoms with van der Waals surface area (Å²) in [5.41, 5.74) is 1.97. The molecule has 0 aromatic heterocycles. The van der Waals surface area contributed by atoms with Gasteiger partial charge in [-0.25, -0.2) is 0 Å². The average Bonchev–Trinajstić information content (AvgIpc) is 2.66. The number of carbonyl (C=O) groups is 1. The van der Waals surface area contributed by atoms with Gasteiger partial charge in [0.05, 0.1) is 12.7 Å². The molecule has 92 valence electrons. The van der Waals surface area contributed by atoms with Crippen LogP contribution in [-0.4, -0.2) is 25.1 Å². The third-order valence-electron chi connectivity index (χ3n) is 2.80. The summed E-state index contributed by atoms with van der Waals surface area (Å²) in [4.78, 5) is 11.5. The zero-order valence-electron chi connectivity index (χ0n) is 10.4. The zero-order valence-corrected chi connectivity index (χ0v) is 10.4. The van der Waals surface area contributed by atoms with Crippen molar-refractivity contribution >= 4 is 5.78 Å². The Labute approximate surface area is 102 Å². The van der Waals surface area contributed by atoms with Crippen molar-refractivity contribution in [2.75, 3.05) is 13.2 Å². The maximum Gasteiger partial charge on any atom is 0.163 e. The Kier molecular flexibility index (Phi) is 3.79. The molecule has 3 nitrogen and oxygen atoms in total. The molecule has 1 aromatic carbocycles. The minimum Gasteiger partial charge on any atom is -0.491 e. The summed E-state index contributed by atoms with van der Waals surface area (Å²) in [6.07, 6.45) is 1.71. The van der Waals surface area contributed by atoms with Gasteiger partial charge >= 0.3 is 0 Å². The molecule has 0 fully saturated rings. The molecule has 0 saturated carbocycles. The lowest BCUT2D eigenvalue weighted by atomic mass is 10.1. The maximum atomic E-state index is 11.5. The number of fused-ring (bicyclic) bond motifs is 1. The van der Waals surface area contributed by atoms with Crippen LogP contribution in [-0.2, 0) is 11.2 Å². The second kappa shape index (κ2) is 5.32. The van der Waals surface area contributed by atoms with E-state index in [-0.39, 0.29) is 11.9 Å². The molecule has 0 atom stereocenters. The molecule has 0 unspecified atom stereocenters. The van der Waals surface area contributed by atoms with Gasteiger partial charge in [-0.15, -0.1) is 0 Å². The molecule has 0 radical (unpaired) electrons. The summed E-state index contributed by atoms with van der Waals surface area (Å²) in [5, 5.41) is 0. The standard InChI is InChI=1S/C14H18O3/c1-10(2)16-7-8-17-12-4-5-13-11(9-12)3-6-14(13)15/h4-5,9-10H,3,6-8H2,1-2H3. The van der Waals surface area contributed by atoms with Crippen LogP contribution in [0.15, 0.2) is 18.2 Å². The molecule has 0 N–H and O–H groups in total. The van der Waals surface area contributed by atoms with Crippen molar-refractivity contribution < 1.29 is 14.3 Å². The molecule has 1 aromatic rings. The van der Waals surface area contributed by atoms with Crippen molar-refractivity contribution in [3.63, 3.8) is 0 Å². The molecule has 0 bridgehead atoms. The van der Waals surface area contributed by atoms with E-state index in [2.05, 4.69) is 0 Å². The topological polar surface area (TPSA) is 35.5 Å². The molecule has 2 rings (SSSR count). The highest BCUT2D eigenvalue weighted by Crippen LogP contribution is 2.25. The van der Waals surface area contributed by atoms with Gasteiger partial charge in [0.2, 0.25) is 0 Å². The summed E-state index contributed by atoms with van der Waals surface area (Å²) < 4.78 is 11.0. The van der Waals surface area contributed by atoms with Crippen molar-refractivity contribution in [3.05, 3.63) is 29.3 Å². The first-order chi connectivity index (χ1) is 8.16. The Bertz CT molecular complexity index is 410. The minimum absolute atomic E-state index is 0.233. The lowest BCUT2D eigenvalue weighted by molar-refractivity contribution is 0.0552. The first-order valence-corrected chi connectivity index (χ1v) is 6.07. The first-order valence-electron chi connectivity index (χ1n) is 6.07. The van der Waals surface area contributed by atoms with E-state index in [1.807, 2.05) is 32.0 Å². The quantitative estimate of drug-likeness (QED) is 0.735. The number of rotatable bonds is 5. The van der Waals surface area contributed by atoms with E-state index >= 15 is 0 Å². The number of ether oxygens (including phenoxy) is 2. The van der Waals surface area contributed by atoms with Gasteiger partial charge < -0.3 is 9.47 Å². The van der Waals surface area contributed by atoms with Gasteiger partial charge in [0, 0.05) is 12.0 Å². The molecule has 1 aliphatic carbocycles. The van der Waals surface area contributed by atoms with Crippen LogP contribution in [0.3, 0.4) is 0 Å². The Balaban J connectivity index is 1.88. The number of Topliss-reactive ketones (excluding diaryl/α,β-unsaturated/α-hetero) is 1. The Morgan fingerprint density at radius 1 is 1.24 bits per heavy atom. The van der Waals surface area contributed by atoms with E-state index in [4.69, 9.17) is 9.47 Å². The van der Waals surface area contributed by atoms with Gasteiger partial charge in [0.15, 0.2) is 5.78 Å². The number of ketones is 1. The smallest absolute Gasteiger partial charge is 0.163 e. The van der Waals surface area contributed by atoms with Gasteiger partial charge in [-0.2, -0.15) is 0 Å². The molecular weight excluding hydrogens is 216 g/mol. The van der Waals surface area contributed by atoms with E-state index in [1.165, 1.54) is 0 Å². The highest BCUT2D eigenvalue weighted by atomic mass is 16.5. The van der Waals surface area contributed by atoms with Crippen LogP contribution in [0.4, 0.5) is 0 Å². The highest BCUT2D eigenvalue weighted by Gasteiger charge is 2.19. The molecular formula is C14H18O3. The van der Waals surface area contributed by atoms with E-state index in [0.717, 1.165) is 23.3 Å². The van der Waals surface area contributed by atoms with Crippen molar-refractivity contribution in [1.29, 1.82) is 0 Å². The first kappa shape index (κ1) is 12.1. The molecule has 17 heavy (non-hydrogen) atoms. The van der Waals surface area contributed by atoms with Crippen molar-refractivity contribution in [1.82, 2.24) is 0 Å². The van der Waals surface area contributed by atoms with Crippen LogP contribution < -0.4 is 4.74 Å². The van der Waals surface area contributed by atoms with E-state index in [1.54, 1.807) is 0 Å². The Hall–Kier alpha value is -1.35. The van der Waals surface area contributed by atoms with Crippen LogP contribution in [0.2, 0.25) is 0 Å². The molecule has 0 spiro atoms. The second-order valence-corrected chi connectivity index (χ2v) is 4.51. The number of hydrogen-bond acceptors (Lipinski definition) is 3. The molecule has 3 heteroatoms. The number of hydrogen-bond donors (Lipinski definition) is 0. The lowest BCUT2D eigenvalue weighted by Crippen LogP contribution is -2.11. The Morgan fingerprint density at radius 2 is 2.06 bits per heavy atom.